The van der Waals surface area contributed by atoms with Gasteiger partial charge in [0, 0.05) is 5.75 Å². The quantitative estimate of drug-likeness (QED) is 0.521. The summed E-state index contributed by atoms with van der Waals surface area (Å²) in [5.41, 5.74) is 0. The molecule has 0 saturated heterocycles. The van der Waals surface area contributed by atoms with E-state index >= 15 is 0 Å². The van der Waals surface area contributed by atoms with Gasteiger partial charge in [-0.25, -0.2) is 0 Å². The van der Waals surface area contributed by atoms with E-state index in [-0.39, 0.29) is 6.61 Å². The molecule has 1 N–H and O–H groups in total. The third-order valence-electron chi connectivity index (χ3n) is 0.623. The van der Waals surface area contributed by atoms with Crippen LogP contribution in [0.2, 0.25) is 0 Å². The number of hydrogen-bond donors (Lipinski definition) is 1. The lowest BCUT2D eigenvalue weighted by Gasteiger charge is -1.98. The van der Waals surface area contributed by atoms with Gasteiger partial charge in [0.25, 0.3) is 0 Å². The molecule has 0 aromatic carbocycles. The highest BCUT2D eigenvalue weighted by molar-refractivity contribution is 9.23. The zero-order valence-corrected chi connectivity index (χ0v) is 8.58. The first kappa shape index (κ1) is 11.3. The van der Waals surface area contributed by atoms with Crippen LogP contribution in [0.3, 0.4) is 0 Å². The Labute approximate surface area is 77.5 Å². The van der Waals surface area contributed by atoms with E-state index in [2.05, 4.69) is 11.7 Å². The molecule has 6 heteroatoms. The van der Waals surface area contributed by atoms with Crippen LogP contribution in [0.1, 0.15) is 0 Å². The first-order valence-electron chi connectivity index (χ1n) is 2.68. The number of aliphatic hydroxyl groups is 1. The van der Waals surface area contributed by atoms with Gasteiger partial charge in [-0.3, -0.25) is 0 Å². The standard InChI is InChI=1S/C4H9O2S4/c5-1-2-6-3-4-8-10-9-7/h5H,1-4H2. The Balaban J connectivity index is 2.65. The monoisotopic (exact) mass is 217 g/mol. The maximum absolute atomic E-state index is 8.31. The van der Waals surface area contributed by atoms with Crippen molar-refractivity contribution in [3.8, 4) is 0 Å². The van der Waals surface area contributed by atoms with E-state index in [4.69, 9.17) is 9.84 Å². The third-order valence-corrected chi connectivity index (χ3v) is 4.93. The zero-order chi connectivity index (χ0) is 7.66. The molecule has 0 aromatic heterocycles. The number of ether oxygens (including phenoxy) is 1. The molecule has 0 rings (SSSR count). The van der Waals surface area contributed by atoms with Crippen LogP contribution in [0.15, 0.2) is 0 Å². The average molecular weight is 217 g/mol. The second-order valence-corrected chi connectivity index (χ2v) is 6.18. The average Bonchev–Trinajstić information content (AvgIpc) is 1.97. The summed E-state index contributed by atoms with van der Waals surface area (Å²) in [5, 5.41) is 8.31. The minimum absolute atomic E-state index is 0.105. The Morgan fingerprint density at radius 3 is 2.80 bits per heavy atom. The SMILES string of the molecule is OCCOCCSSS[S]. The molecule has 61 valence electrons. The predicted molar refractivity (Wildman–Crippen MR) is 53.1 cm³/mol. The van der Waals surface area contributed by atoms with Crippen molar-refractivity contribution in [1.29, 1.82) is 0 Å². The van der Waals surface area contributed by atoms with Crippen LogP contribution in [0.4, 0.5) is 0 Å². The molecule has 0 unspecified atom stereocenters. The molecule has 0 bridgehead atoms. The third kappa shape index (κ3) is 9.32. The van der Waals surface area contributed by atoms with E-state index in [1.807, 2.05) is 0 Å². The van der Waals surface area contributed by atoms with E-state index in [9.17, 15) is 0 Å². The van der Waals surface area contributed by atoms with Crippen LogP contribution in [-0.4, -0.2) is 30.7 Å². The molecular weight excluding hydrogens is 208 g/mol. The summed E-state index contributed by atoms with van der Waals surface area (Å²) in [5.74, 6) is 0.925. The van der Waals surface area contributed by atoms with E-state index in [1.165, 1.54) is 9.83 Å². The van der Waals surface area contributed by atoms with Crippen molar-refractivity contribution >= 4 is 42.1 Å². The van der Waals surface area contributed by atoms with Gasteiger partial charge in [0.2, 0.25) is 0 Å². The van der Waals surface area contributed by atoms with Gasteiger partial charge in [0.15, 0.2) is 0 Å². The lowest BCUT2D eigenvalue weighted by Crippen LogP contribution is -2.01. The fraction of sp³-hybridized carbons (Fsp3) is 1.00. The lowest BCUT2D eigenvalue weighted by molar-refractivity contribution is 0.103. The molecule has 0 aromatic rings. The predicted octanol–water partition coefficient (Wildman–Crippen LogP) is 2.14. The normalized spacial score (nSPS) is 10.2. The Hall–Kier alpha value is 1.32. The van der Waals surface area contributed by atoms with E-state index in [0.717, 1.165) is 5.75 Å². The summed E-state index contributed by atoms with van der Waals surface area (Å²) in [6.07, 6.45) is 0. The number of rotatable bonds is 7. The van der Waals surface area contributed by atoms with E-state index in [0.29, 0.717) is 13.2 Å². The van der Waals surface area contributed by atoms with Crippen molar-refractivity contribution in [3.63, 3.8) is 0 Å². The summed E-state index contributed by atoms with van der Waals surface area (Å²) in [6.45, 7) is 1.23. The van der Waals surface area contributed by atoms with Gasteiger partial charge in [0.05, 0.1) is 19.8 Å². The van der Waals surface area contributed by atoms with Gasteiger partial charge in [-0.1, -0.05) is 10.8 Å². The van der Waals surface area contributed by atoms with Gasteiger partial charge in [-0.15, -0.1) is 0 Å². The van der Waals surface area contributed by atoms with Crippen molar-refractivity contribution < 1.29 is 9.84 Å². The summed E-state index contributed by atoms with van der Waals surface area (Å²) < 4.78 is 5.00. The van der Waals surface area contributed by atoms with Crippen LogP contribution in [0.25, 0.3) is 0 Å². The van der Waals surface area contributed by atoms with Gasteiger partial charge < -0.3 is 9.84 Å². The lowest BCUT2D eigenvalue weighted by atomic mass is 10.7. The van der Waals surface area contributed by atoms with Gasteiger partial charge in [-0.2, -0.15) is 0 Å². The Kier molecular flexibility index (Phi) is 11.7. The highest BCUT2D eigenvalue weighted by atomic mass is 33.7. The Morgan fingerprint density at radius 1 is 1.40 bits per heavy atom. The first-order valence-corrected chi connectivity index (χ1v) is 7.26. The van der Waals surface area contributed by atoms with E-state index < -0.39 is 0 Å². The molecule has 2 nitrogen and oxygen atoms in total. The number of hydrogen-bond acceptors (Lipinski definition) is 5. The molecule has 0 saturated carbocycles. The maximum atomic E-state index is 8.31. The maximum Gasteiger partial charge on any atom is 0.0698 e. The van der Waals surface area contributed by atoms with Gasteiger partial charge in [-0.05, 0) is 31.3 Å². The molecule has 10 heavy (non-hydrogen) atoms. The topological polar surface area (TPSA) is 29.5 Å². The van der Waals surface area contributed by atoms with Crippen molar-refractivity contribution in [3.05, 3.63) is 0 Å². The first-order chi connectivity index (χ1) is 4.91. The van der Waals surface area contributed by atoms with Crippen molar-refractivity contribution in [2.45, 2.75) is 0 Å². The van der Waals surface area contributed by atoms with Crippen LogP contribution in [-0.2, 0) is 4.74 Å². The molecule has 1 radical (unpaired) electrons. The van der Waals surface area contributed by atoms with Gasteiger partial charge in [0.1, 0.15) is 0 Å². The molecule has 0 heterocycles. The highest BCUT2D eigenvalue weighted by Gasteiger charge is 1.89. The molecule has 0 aliphatic rings. The zero-order valence-electron chi connectivity index (χ0n) is 5.32. The van der Waals surface area contributed by atoms with Gasteiger partial charge >= 0.3 is 0 Å². The van der Waals surface area contributed by atoms with Crippen LogP contribution in [0, 0.1) is 0 Å². The minimum Gasteiger partial charge on any atom is -0.394 e. The van der Waals surface area contributed by atoms with E-state index in [1.54, 1.807) is 20.6 Å². The fourth-order valence-corrected chi connectivity index (χ4v) is 3.16. The molecule has 0 aliphatic carbocycles. The molecule has 0 fully saturated rings. The summed E-state index contributed by atoms with van der Waals surface area (Å²) >= 11 is 4.63. The Morgan fingerprint density at radius 2 is 2.20 bits per heavy atom. The Bertz CT molecular complexity index is 55.2. The molecular formula is C4H9O2S4. The van der Waals surface area contributed by atoms with Crippen LogP contribution >= 0.6 is 42.1 Å². The summed E-state index contributed by atoms with van der Waals surface area (Å²) in [4.78, 5) is 0. The second-order valence-electron chi connectivity index (χ2n) is 1.29. The van der Waals surface area contributed by atoms with Crippen molar-refractivity contribution in [2.24, 2.45) is 0 Å². The molecule has 0 spiro atoms. The second kappa shape index (κ2) is 10.3. The van der Waals surface area contributed by atoms with Crippen LogP contribution < -0.4 is 0 Å². The number of aliphatic hydroxyl groups excluding tert-OH is 1. The fourth-order valence-electron chi connectivity index (χ4n) is 0.313. The van der Waals surface area contributed by atoms with Crippen molar-refractivity contribution in [2.75, 3.05) is 25.6 Å². The summed E-state index contributed by atoms with van der Waals surface area (Å²) in [6, 6.07) is 0. The molecule has 0 atom stereocenters. The molecule has 0 amide bonds. The smallest absolute Gasteiger partial charge is 0.0698 e. The minimum atomic E-state index is 0.105. The highest BCUT2D eigenvalue weighted by Crippen LogP contribution is 2.36. The van der Waals surface area contributed by atoms with Crippen LogP contribution in [0.5, 0.6) is 0 Å². The summed E-state index contributed by atoms with van der Waals surface area (Å²) in [7, 11) is 4.57. The molecule has 0 aliphatic heterocycles. The largest absolute Gasteiger partial charge is 0.394 e. The van der Waals surface area contributed by atoms with Crippen molar-refractivity contribution in [1.82, 2.24) is 0 Å².